The summed E-state index contributed by atoms with van der Waals surface area (Å²) in [6, 6.07) is 12.4. The highest BCUT2D eigenvalue weighted by Gasteiger charge is 2.25. The first-order valence-electron chi connectivity index (χ1n) is 6.95. The molecule has 0 amide bonds. The van der Waals surface area contributed by atoms with Crippen LogP contribution in [0.25, 0.3) is 0 Å². The summed E-state index contributed by atoms with van der Waals surface area (Å²) in [5.74, 6) is 0. The molecule has 1 unspecified atom stereocenters. The van der Waals surface area contributed by atoms with E-state index in [1.54, 1.807) is 0 Å². The maximum atomic E-state index is 6.43. The molecule has 1 fully saturated rings. The molecule has 0 radical (unpaired) electrons. The summed E-state index contributed by atoms with van der Waals surface area (Å²) < 4.78 is 0. The largest absolute Gasteiger partial charge is 0.314 e. The summed E-state index contributed by atoms with van der Waals surface area (Å²) in [5, 5.41) is 4.22. The number of hydrogen-bond donors (Lipinski definition) is 1. The lowest BCUT2D eigenvalue weighted by Crippen LogP contribution is -2.45. The van der Waals surface area contributed by atoms with Gasteiger partial charge in [0.05, 0.1) is 6.04 Å². The molecule has 1 saturated heterocycles. The van der Waals surface area contributed by atoms with Gasteiger partial charge in [-0.3, -0.25) is 9.88 Å². The Bertz CT molecular complexity index is 553. The van der Waals surface area contributed by atoms with Crippen molar-refractivity contribution in [2.45, 2.75) is 6.04 Å². The van der Waals surface area contributed by atoms with Crippen LogP contribution in [0.4, 0.5) is 0 Å². The van der Waals surface area contributed by atoms with E-state index in [4.69, 9.17) is 11.6 Å². The number of pyridine rings is 1. The first-order valence-corrected chi connectivity index (χ1v) is 7.33. The zero-order chi connectivity index (χ0) is 13.8. The van der Waals surface area contributed by atoms with Gasteiger partial charge in [-0.1, -0.05) is 35.9 Å². The van der Waals surface area contributed by atoms with Crippen LogP contribution in [0, 0.1) is 0 Å². The van der Waals surface area contributed by atoms with Crippen molar-refractivity contribution in [1.82, 2.24) is 15.2 Å². The maximum Gasteiger partial charge on any atom is 0.0632 e. The Kier molecular flexibility index (Phi) is 4.31. The van der Waals surface area contributed by atoms with Gasteiger partial charge in [0.2, 0.25) is 0 Å². The number of benzene rings is 1. The summed E-state index contributed by atoms with van der Waals surface area (Å²) in [5.41, 5.74) is 2.35. The zero-order valence-electron chi connectivity index (χ0n) is 11.3. The quantitative estimate of drug-likeness (QED) is 0.941. The molecular formula is C16H18ClN3. The number of nitrogens with one attached hydrogen (secondary N) is 1. The summed E-state index contributed by atoms with van der Waals surface area (Å²) in [6.45, 7) is 4.07. The number of nitrogens with zero attached hydrogens (tertiary/aromatic N) is 2. The molecule has 1 aromatic carbocycles. The summed E-state index contributed by atoms with van der Waals surface area (Å²) in [7, 11) is 0. The third-order valence-electron chi connectivity index (χ3n) is 3.72. The monoisotopic (exact) mass is 287 g/mol. The number of rotatable bonds is 3. The fourth-order valence-electron chi connectivity index (χ4n) is 2.76. The summed E-state index contributed by atoms with van der Waals surface area (Å²) >= 11 is 6.43. The zero-order valence-corrected chi connectivity index (χ0v) is 12.1. The molecule has 0 bridgehead atoms. The normalized spacial score (nSPS) is 17.9. The Morgan fingerprint density at radius 2 is 1.90 bits per heavy atom. The van der Waals surface area contributed by atoms with Crippen molar-refractivity contribution >= 4 is 11.6 Å². The fourth-order valence-corrected chi connectivity index (χ4v) is 3.00. The van der Waals surface area contributed by atoms with Gasteiger partial charge in [-0.2, -0.15) is 0 Å². The molecule has 1 aliphatic rings. The predicted octanol–water partition coefficient (Wildman–Crippen LogP) is 2.73. The average Bonchev–Trinajstić information content (AvgIpc) is 2.52. The number of piperazine rings is 1. The van der Waals surface area contributed by atoms with E-state index in [9.17, 15) is 0 Å². The molecule has 3 rings (SSSR count). The minimum absolute atomic E-state index is 0.180. The van der Waals surface area contributed by atoms with Gasteiger partial charge in [0.15, 0.2) is 0 Å². The molecule has 20 heavy (non-hydrogen) atoms. The number of halogens is 1. The third-order valence-corrected chi connectivity index (χ3v) is 4.06. The lowest BCUT2D eigenvalue weighted by molar-refractivity contribution is 0.198. The van der Waals surface area contributed by atoms with Crippen LogP contribution >= 0.6 is 11.6 Å². The van der Waals surface area contributed by atoms with Crippen molar-refractivity contribution in [1.29, 1.82) is 0 Å². The fraction of sp³-hybridized carbons (Fsp3) is 0.312. The van der Waals surface area contributed by atoms with Crippen molar-refractivity contribution in [3.05, 3.63) is 64.9 Å². The van der Waals surface area contributed by atoms with Crippen LogP contribution < -0.4 is 5.32 Å². The molecule has 2 heterocycles. The smallest absolute Gasteiger partial charge is 0.0632 e. The van der Waals surface area contributed by atoms with Crippen molar-refractivity contribution in [2.75, 3.05) is 26.2 Å². The highest BCUT2D eigenvalue weighted by Crippen LogP contribution is 2.32. The maximum absolute atomic E-state index is 6.43. The molecule has 1 atom stereocenters. The van der Waals surface area contributed by atoms with Gasteiger partial charge >= 0.3 is 0 Å². The Morgan fingerprint density at radius 3 is 2.60 bits per heavy atom. The first-order chi connectivity index (χ1) is 9.86. The molecule has 1 aromatic heterocycles. The molecule has 1 N–H and O–H groups in total. The van der Waals surface area contributed by atoms with Crippen LogP contribution in [-0.4, -0.2) is 36.1 Å². The summed E-state index contributed by atoms with van der Waals surface area (Å²) in [6.07, 6.45) is 3.75. The topological polar surface area (TPSA) is 28.2 Å². The molecule has 104 valence electrons. The van der Waals surface area contributed by atoms with Gasteiger partial charge < -0.3 is 5.32 Å². The van der Waals surface area contributed by atoms with Gasteiger partial charge in [0, 0.05) is 43.6 Å². The highest BCUT2D eigenvalue weighted by molar-refractivity contribution is 6.31. The molecule has 0 aliphatic carbocycles. The van der Waals surface area contributed by atoms with E-state index in [1.165, 1.54) is 5.56 Å². The van der Waals surface area contributed by atoms with E-state index in [-0.39, 0.29) is 6.04 Å². The Hall–Kier alpha value is -1.42. The molecule has 0 saturated carbocycles. The van der Waals surface area contributed by atoms with E-state index in [1.807, 2.05) is 36.7 Å². The number of hydrogen-bond acceptors (Lipinski definition) is 3. The van der Waals surface area contributed by atoms with Crippen LogP contribution in [-0.2, 0) is 0 Å². The first kappa shape index (κ1) is 13.6. The van der Waals surface area contributed by atoms with Crippen LogP contribution in [0.15, 0.2) is 48.8 Å². The number of aromatic nitrogens is 1. The van der Waals surface area contributed by atoms with Crippen molar-refractivity contribution in [3.63, 3.8) is 0 Å². The van der Waals surface area contributed by atoms with Crippen LogP contribution in [0.3, 0.4) is 0 Å². The SMILES string of the molecule is Clc1ccccc1C(c1cccnc1)N1CCNCC1. The van der Waals surface area contributed by atoms with Crippen LogP contribution in [0.1, 0.15) is 17.2 Å². The second-order valence-corrected chi connectivity index (χ2v) is 5.40. The van der Waals surface area contributed by atoms with Gasteiger partial charge in [-0.15, -0.1) is 0 Å². The third kappa shape index (κ3) is 2.85. The molecule has 2 aromatic rings. The summed E-state index contributed by atoms with van der Waals surface area (Å²) in [4.78, 5) is 6.74. The van der Waals surface area contributed by atoms with Crippen molar-refractivity contribution < 1.29 is 0 Å². The van der Waals surface area contributed by atoms with Crippen LogP contribution in [0.5, 0.6) is 0 Å². The van der Waals surface area contributed by atoms with E-state index < -0.39 is 0 Å². The Morgan fingerprint density at radius 1 is 1.10 bits per heavy atom. The minimum Gasteiger partial charge on any atom is -0.314 e. The standard InChI is InChI=1S/C16H18ClN3/c17-15-6-2-1-5-14(15)16(13-4-3-7-19-12-13)20-10-8-18-9-11-20/h1-7,12,16,18H,8-11H2. The predicted molar refractivity (Wildman–Crippen MR) is 82.0 cm³/mol. The molecule has 3 nitrogen and oxygen atoms in total. The molecule has 1 aliphatic heterocycles. The second-order valence-electron chi connectivity index (χ2n) is 5.00. The Balaban J connectivity index is 2.01. The van der Waals surface area contributed by atoms with Gasteiger partial charge in [-0.05, 0) is 23.3 Å². The molecule has 4 heteroatoms. The van der Waals surface area contributed by atoms with E-state index >= 15 is 0 Å². The van der Waals surface area contributed by atoms with E-state index in [0.29, 0.717) is 0 Å². The van der Waals surface area contributed by atoms with Gasteiger partial charge in [-0.25, -0.2) is 0 Å². The van der Waals surface area contributed by atoms with E-state index in [0.717, 1.165) is 36.8 Å². The Labute approximate surface area is 124 Å². The van der Waals surface area contributed by atoms with Crippen LogP contribution in [0.2, 0.25) is 5.02 Å². The van der Waals surface area contributed by atoms with E-state index in [2.05, 4.69) is 27.3 Å². The van der Waals surface area contributed by atoms with Gasteiger partial charge in [0.1, 0.15) is 0 Å². The molecular weight excluding hydrogens is 270 g/mol. The highest BCUT2D eigenvalue weighted by atomic mass is 35.5. The van der Waals surface area contributed by atoms with Crippen molar-refractivity contribution in [3.8, 4) is 0 Å². The average molecular weight is 288 g/mol. The molecule has 0 spiro atoms. The minimum atomic E-state index is 0.180. The van der Waals surface area contributed by atoms with Gasteiger partial charge in [0.25, 0.3) is 0 Å². The lowest BCUT2D eigenvalue weighted by atomic mass is 9.98. The van der Waals surface area contributed by atoms with Crippen molar-refractivity contribution in [2.24, 2.45) is 0 Å². The lowest BCUT2D eigenvalue weighted by Gasteiger charge is -2.35. The second kappa shape index (κ2) is 6.35.